The van der Waals surface area contributed by atoms with Gasteiger partial charge < -0.3 is 10.1 Å². The molecule has 0 spiro atoms. The topological polar surface area (TPSA) is 62.1 Å². The third-order valence-electron chi connectivity index (χ3n) is 2.99. The summed E-state index contributed by atoms with van der Waals surface area (Å²) in [5, 5.41) is 12.0. The number of carbonyl (C=O) groups is 1. The van der Waals surface area contributed by atoms with Crippen LogP contribution >= 0.6 is 22.6 Å². The van der Waals surface area contributed by atoms with Crippen molar-refractivity contribution >= 4 is 40.3 Å². The first kappa shape index (κ1) is 17.0. The quantitative estimate of drug-likeness (QED) is 0.449. The lowest BCUT2D eigenvalue weighted by Crippen LogP contribution is -2.14. The molecule has 0 unspecified atom stereocenters. The largest absolute Gasteiger partial charge is 0.494 e. The van der Waals surface area contributed by atoms with Gasteiger partial charge in [0.15, 0.2) is 0 Å². The number of hydrogen-bond acceptors (Lipinski definition) is 3. The number of anilines is 1. The number of nitrogens with one attached hydrogen (secondary N) is 1. The Bertz CT molecular complexity index is 761. The van der Waals surface area contributed by atoms with Crippen LogP contribution in [0, 0.1) is 14.9 Å². The molecule has 0 heterocycles. The average Bonchev–Trinajstić information content (AvgIpc) is 2.56. The smallest absolute Gasteiger partial charge is 0.266 e. The van der Waals surface area contributed by atoms with Crippen LogP contribution in [-0.2, 0) is 4.79 Å². The summed E-state index contributed by atoms with van der Waals surface area (Å²) in [5.41, 5.74) is 1.50. The fourth-order valence-corrected chi connectivity index (χ4v) is 2.42. The number of benzene rings is 2. The van der Waals surface area contributed by atoms with Gasteiger partial charge in [0.05, 0.1) is 12.3 Å². The van der Waals surface area contributed by atoms with Crippen molar-refractivity contribution in [2.24, 2.45) is 0 Å². The zero-order valence-corrected chi connectivity index (χ0v) is 14.7. The third kappa shape index (κ3) is 4.83. The highest BCUT2D eigenvalue weighted by atomic mass is 127. The molecule has 0 aliphatic carbocycles. The van der Waals surface area contributed by atoms with Crippen molar-refractivity contribution < 1.29 is 9.53 Å². The van der Waals surface area contributed by atoms with Crippen LogP contribution in [0.15, 0.2) is 54.1 Å². The molecule has 23 heavy (non-hydrogen) atoms. The van der Waals surface area contributed by atoms with E-state index in [1.807, 2.05) is 55.5 Å². The Labute approximate surface area is 148 Å². The van der Waals surface area contributed by atoms with Crippen LogP contribution in [0.1, 0.15) is 12.5 Å². The SMILES string of the molecule is CCOc1ccc(C=C(C#N)C(=O)Nc2ccccc2I)cc1. The van der Waals surface area contributed by atoms with Gasteiger partial charge in [-0.15, -0.1) is 0 Å². The Hall–Kier alpha value is -2.33. The molecule has 0 fully saturated rings. The number of carbonyl (C=O) groups excluding carboxylic acids is 1. The lowest BCUT2D eigenvalue weighted by atomic mass is 10.1. The Morgan fingerprint density at radius 2 is 1.96 bits per heavy atom. The maximum Gasteiger partial charge on any atom is 0.266 e. The molecule has 4 nitrogen and oxygen atoms in total. The molecule has 2 rings (SSSR count). The van der Waals surface area contributed by atoms with Crippen LogP contribution in [0.5, 0.6) is 5.75 Å². The highest BCUT2D eigenvalue weighted by Crippen LogP contribution is 2.19. The minimum Gasteiger partial charge on any atom is -0.494 e. The Morgan fingerprint density at radius 3 is 2.57 bits per heavy atom. The summed E-state index contributed by atoms with van der Waals surface area (Å²) in [5.74, 6) is 0.331. The normalized spacial score (nSPS) is 10.7. The van der Waals surface area contributed by atoms with Crippen molar-refractivity contribution in [2.75, 3.05) is 11.9 Å². The summed E-state index contributed by atoms with van der Waals surface area (Å²) in [6.45, 7) is 2.51. The van der Waals surface area contributed by atoms with E-state index in [0.717, 1.165) is 14.9 Å². The van der Waals surface area contributed by atoms with E-state index in [9.17, 15) is 10.1 Å². The lowest BCUT2D eigenvalue weighted by Gasteiger charge is -2.06. The van der Waals surface area contributed by atoms with Crippen LogP contribution in [0.4, 0.5) is 5.69 Å². The van der Waals surface area contributed by atoms with E-state index in [-0.39, 0.29) is 5.57 Å². The molecule has 0 aliphatic rings. The van der Waals surface area contributed by atoms with Crippen molar-refractivity contribution in [2.45, 2.75) is 6.92 Å². The maximum atomic E-state index is 12.2. The first-order valence-electron chi connectivity index (χ1n) is 7.04. The van der Waals surface area contributed by atoms with E-state index in [1.165, 1.54) is 0 Å². The number of hydrogen-bond donors (Lipinski definition) is 1. The third-order valence-corrected chi connectivity index (χ3v) is 3.93. The summed E-state index contributed by atoms with van der Waals surface area (Å²) in [4.78, 5) is 12.2. The summed E-state index contributed by atoms with van der Waals surface area (Å²) >= 11 is 2.13. The number of halogens is 1. The molecule has 5 heteroatoms. The minimum atomic E-state index is -0.425. The number of ether oxygens (including phenoxy) is 1. The van der Waals surface area contributed by atoms with Crippen molar-refractivity contribution in [3.8, 4) is 11.8 Å². The van der Waals surface area contributed by atoms with Gasteiger partial charge in [-0.1, -0.05) is 24.3 Å². The minimum absolute atomic E-state index is 0.0498. The van der Waals surface area contributed by atoms with Crippen molar-refractivity contribution in [3.05, 3.63) is 63.2 Å². The average molecular weight is 418 g/mol. The number of nitrogens with zero attached hydrogens (tertiary/aromatic N) is 1. The van der Waals surface area contributed by atoms with Crippen LogP contribution in [-0.4, -0.2) is 12.5 Å². The summed E-state index contributed by atoms with van der Waals surface area (Å²) in [6, 6.07) is 16.6. The van der Waals surface area contributed by atoms with Crippen molar-refractivity contribution in [1.82, 2.24) is 0 Å². The highest BCUT2D eigenvalue weighted by molar-refractivity contribution is 14.1. The Kier molecular flexibility index (Phi) is 6.18. The molecule has 0 atom stereocenters. The van der Waals surface area contributed by atoms with E-state index < -0.39 is 5.91 Å². The summed E-state index contributed by atoms with van der Waals surface area (Å²) in [6.07, 6.45) is 1.56. The molecule has 0 bridgehead atoms. The lowest BCUT2D eigenvalue weighted by molar-refractivity contribution is -0.112. The van der Waals surface area contributed by atoms with Gasteiger partial charge in [-0.2, -0.15) is 5.26 Å². The number of amides is 1. The highest BCUT2D eigenvalue weighted by Gasteiger charge is 2.11. The molecule has 2 aromatic carbocycles. The van der Waals surface area contributed by atoms with Crippen molar-refractivity contribution in [3.63, 3.8) is 0 Å². The van der Waals surface area contributed by atoms with Gasteiger partial charge in [0.25, 0.3) is 5.91 Å². The van der Waals surface area contributed by atoms with E-state index >= 15 is 0 Å². The molecule has 1 amide bonds. The van der Waals surface area contributed by atoms with Crippen LogP contribution in [0.25, 0.3) is 6.08 Å². The van der Waals surface area contributed by atoms with E-state index in [0.29, 0.717) is 12.3 Å². The summed E-state index contributed by atoms with van der Waals surface area (Å²) in [7, 11) is 0. The number of rotatable bonds is 5. The molecule has 0 aliphatic heterocycles. The molecule has 116 valence electrons. The van der Waals surface area contributed by atoms with Gasteiger partial charge in [0.1, 0.15) is 17.4 Å². The van der Waals surface area contributed by atoms with Crippen molar-refractivity contribution in [1.29, 1.82) is 5.26 Å². The molecule has 0 aromatic heterocycles. The predicted octanol–water partition coefficient (Wildman–Crippen LogP) is 4.24. The first-order valence-corrected chi connectivity index (χ1v) is 8.12. The monoisotopic (exact) mass is 418 g/mol. The zero-order valence-electron chi connectivity index (χ0n) is 12.5. The van der Waals surface area contributed by atoms with Gasteiger partial charge in [0, 0.05) is 3.57 Å². The van der Waals surface area contributed by atoms with E-state index in [1.54, 1.807) is 12.1 Å². The van der Waals surface area contributed by atoms with Gasteiger partial charge in [-0.25, -0.2) is 0 Å². The van der Waals surface area contributed by atoms with E-state index in [4.69, 9.17) is 4.74 Å². The molecule has 2 aromatic rings. The molecular weight excluding hydrogens is 403 g/mol. The Balaban J connectivity index is 2.16. The van der Waals surface area contributed by atoms with Crippen LogP contribution < -0.4 is 10.1 Å². The number of para-hydroxylation sites is 1. The van der Waals surface area contributed by atoms with Gasteiger partial charge in [-0.05, 0) is 65.4 Å². The van der Waals surface area contributed by atoms with Crippen LogP contribution in [0.2, 0.25) is 0 Å². The van der Waals surface area contributed by atoms with Crippen LogP contribution in [0.3, 0.4) is 0 Å². The maximum absolute atomic E-state index is 12.2. The second kappa shape index (κ2) is 8.34. The van der Waals surface area contributed by atoms with Gasteiger partial charge in [-0.3, -0.25) is 4.79 Å². The standard InChI is InChI=1S/C18H15IN2O2/c1-2-23-15-9-7-13(8-10-15)11-14(12-20)18(22)21-17-6-4-3-5-16(17)19/h3-11H,2H2,1H3,(H,21,22). The molecule has 0 saturated carbocycles. The van der Waals surface area contributed by atoms with Gasteiger partial charge in [0.2, 0.25) is 0 Å². The fourth-order valence-electron chi connectivity index (χ4n) is 1.89. The summed E-state index contributed by atoms with van der Waals surface area (Å²) < 4.78 is 6.28. The predicted molar refractivity (Wildman–Crippen MR) is 99.0 cm³/mol. The van der Waals surface area contributed by atoms with E-state index in [2.05, 4.69) is 27.9 Å². The fraction of sp³-hybridized carbons (Fsp3) is 0.111. The first-order chi connectivity index (χ1) is 11.1. The molecule has 1 N–H and O–H groups in total. The Morgan fingerprint density at radius 1 is 1.26 bits per heavy atom. The number of nitriles is 1. The second-order valence-corrected chi connectivity index (χ2v) is 5.77. The molecule has 0 saturated heterocycles. The second-order valence-electron chi connectivity index (χ2n) is 4.61. The molecule has 0 radical (unpaired) electrons. The van der Waals surface area contributed by atoms with Gasteiger partial charge >= 0.3 is 0 Å². The zero-order chi connectivity index (χ0) is 16.7. The molecular formula is C18H15IN2O2.